The Morgan fingerprint density at radius 2 is 1.71 bits per heavy atom. The van der Waals surface area contributed by atoms with Crippen molar-refractivity contribution in [3.05, 3.63) is 60.2 Å². The second-order valence-electron chi connectivity index (χ2n) is 3.40. The summed E-state index contributed by atoms with van der Waals surface area (Å²) in [4.78, 5) is 0. The van der Waals surface area contributed by atoms with Crippen molar-refractivity contribution in [2.75, 3.05) is 0 Å². The highest BCUT2D eigenvalue weighted by molar-refractivity contribution is 5.32. The Labute approximate surface area is 84.1 Å². The molecule has 2 rings (SSSR count). The molecule has 0 fully saturated rings. The topological polar surface area (TPSA) is 38.0 Å². The lowest BCUT2D eigenvalue weighted by Gasteiger charge is -2.23. The molecule has 0 heterocycles. The van der Waals surface area contributed by atoms with E-state index in [4.69, 9.17) is 5.84 Å². The molecule has 1 aliphatic rings. The van der Waals surface area contributed by atoms with Crippen molar-refractivity contribution in [2.24, 2.45) is 5.84 Å². The Balaban J connectivity index is 2.25. The van der Waals surface area contributed by atoms with Crippen molar-refractivity contribution in [3.63, 3.8) is 0 Å². The van der Waals surface area contributed by atoms with E-state index < -0.39 is 0 Å². The molecular formula is C12H14N2. The van der Waals surface area contributed by atoms with Crippen molar-refractivity contribution >= 4 is 0 Å². The summed E-state index contributed by atoms with van der Waals surface area (Å²) in [6, 6.07) is 10.6. The Kier molecular flexibility index (Phi) is 2.77. The maximum Gasteiger partial charge on any atom is 0.0496 e. The van der Waals surface area contributed by atoms with E-state index in [0.717, 1.165) is 0 Å². The van der Waals surface area contributed by atoms with Crippen LogP contribution in [0, 0.1) is 0 Å². The number of allylic oxidation sites excluding steroid dienone is 2. The van der Waals surface area contributed by atoms with Crippen LogP contribution in [-0.2, 0) is 0 Å². The molecular weight excluding hydrogens is 172 g/mol. The lowest BCUT2D eigenvalue weighted by molar-refractivity contribution is 0.566. The number of nitrogens with one attached hydrogen (secondary N) is 1. The van der Waals surface area contributed by atoms with Crippen LogP contribution >= 0.6 is 0 Å². The molecule has 0 saturated heterocycles. The highest BCUT2D eigenvalue weighted by Gasteiger charge is 2.18. The molecule has 1 aliphatic carbocycles. The first kappa shape index (κ1) is 9.19. The number of hydrogen-bond acceptors (Lipinski definition) is 2. The van der Waals surface area contributed by atoms with Gasteiger partial charge < -0.3 is 0 Å². The summed E-state index contributed by atoms with van der Waals surface area (Å²) in [6.07, 6.45) is 8.33. The highest BCUT2D eigenvalue weighted by Crippen LogP contribution is 2.24. The molecule has 1 aromatic rings. The summed E-state index contributed by atoms with van der Waals surface area (Å²) in [5.74, 6) is 5.83. The van der Waals surface area contributed by atoms with Gasteiger partial charge in [-0.25, -0.2) is 0 Å². The normalized spacial score (nSPS) is 25.2. The molecule has 14 heavy (non-hydrogen) atoms. The van der Waals surface area contributed by atoms with Crippen molar-refractivity contribution in [3.8, 4) is 0 Å². The Hall–Kier alpha value is -1.38. The van der Waals surface area contributed by atoms with Crippen LogP contribution < -0.4 is 11.3 Å². The minimum absolute atomic E-state index is 0.197. The number of hydrogen-bond donors (Lipinski definition) is 2. The average Bonchev–Trinajstić information content (AvgIpc) is 2.30. The Bertz CT molecular complexity index is 341. The molecule has 3 N–H and O–H groups in total. The van der Waals surface area contributed by atoms with Gasteiger partial charge in [-0.3, -0.25) is 11.3 Å². The van der Waals surface area contributed by atoms with E-state index >= 15 is 0 Å². The van der Waals surface area contributed by atoms with Gasteiger partial charge in [-0.15, -0.1) is 0 Å². The minimum atomic E-state index is 0.197. The van der Waals surface area contributed by atoms with Crippen molar-refractivity contribution in [1.82, 2.24) is 5.43 Å². The second kappa shape index (κ2) is 4.22. The average molecular weight is 186 g/mol. The molecule has 0 bridgehead atoms. The largest absolute Gasteiger partial charge is 0.271 e. The predicted molar refractivity (Wildman–Crippen MR) is 58.6 cm³/mol. The molecule has 2 atom stereocenters. The molecule has 2 unspecified atom stereocenters. The molecule has 72 valence electrons. The van der Waals surface area contributed by atoms with Crippen molar-refractivity contribution < 1.29 is 0 Å². The standard InChI is InChI=1S/C12H14N2/c13-14-12-9-5-4-8-11(12)10-6-2-1-3-7-10/h1-9,11-12,14H,13H2. The lowest BCUT2D eigenvalue weighted by atomic mass is 9.89. The number of rotatable bonds is 2. The SMILES string of the molecule is NNC1C=CC=CC1c1ccccc1. The molecule has 0 saturated carbocycles. The van der Waals surface area contributed by atoms with Gasteiger partial charge in [0, 0.05) is 12.0 Å². The van der Waals surface area contributed by atoms with Crippen LogP contribution in [0.15, 0.2) is 54.6 Å². The van der Waals surface area contributed by atoms with Gasteiger partial charge in [-0.1, -0.05) is 54.6 Å². The maximum absolute atomic E-state index is 5.50. The van der Waals surface area contributed by atoms with Gasteiger partial charge in [0.05, 0.1) is 0 Å². The fourth-order valence-electron chi connectivity index (χ4n) is 1.76. The molecule has 0 spiro atoms. The highest BCUT2D eigenvalue weighted by atomic mass is 15.2. The second-order valence-corrected chi connectivity index (χ2v) is 3.40. The third-order valence-electron chi connectivity index (χ3n) is 2.51. The van der Waals surface area contributed by atoms with Crippen LogP contribution in [0.25, 0.3) is 0 Å². The van der Waals surface area contributed by atoms with E-state index in [-0.39, 0.29) is 6.04 Å². The first-order chi connectivity index (χ1) is 6.92. The van der Waals surface area contributed by atoms with E-state index in [0.29, 0.717) is 5.92 Å². The van der Waals surface area contributed by atoms with E-state index in [1.165, 1.54) is 5.56 Å². The van der Waals surface area contributed by atoms with E-state index in [1.54, 1.807) is 0 Å². The monoisotopic (exact) mass is 186 g/mol. The first-order valence-corrected chi connectivity index (χ1v) is 4.78. The fourth-order valence-corrected chi connectivity index (χ4v) is 1.76. The fraction of sp³-hybridized carbons (Fsp3) is 0.167. The number of nitrogens with two attached hydrogens (primary N) is 1. The molecule has 0 aliphatic heterocycles. The Morgan fingerprint density at radius 3 is 2.43 bits per heavy atom. The summed E-state index contributed by atoms with van der Waals surface area (Å²) in [7, 11) is 0. The zero-order valence-electron chi connectivity index (χ0n) is 7.93. The molecule has 2 heteroatoms. The Morgan fingerprint density at radius 1 is 1.00 bits per heavy atom. The third-order valence-corrected chi connectivity index (χ3v) is 2.51. The number of benzene rings is 1. The van der Waals surface area contributed by atoms with Gasteiger partial charge in [0.2, 0.25) is 0 Å². The molecule has 2 nitrogen and oxygen atoms in total. The predicted octanol–water partition coefficient (Wildman–Crippen LogP) is 1.73. The maximum atomic E-state index is 5.50. The van der Waals surface area contributed by atoms with Crippen molar-refractivity contribution in [2.45, 2.75) is 12.0 Å². The van der Waals surface area contributed by atoms with Gasteiger partial charge >= 0.3 is 0 Å². The lowest BCUT2D eigenvalue weighted by Crippen LogP contribution is -2.38. The zero-order chi connectivity index (χ0) is 9.80. The molecule has 0 radical (unpaired) electrons. The summed E-state index contributed by atoms with van der Waals surface area (Å²) in [6.45, 7) is 0. The van der Waals surface area contributed by atoms with Gasteiger partial charge in [-0.05, 0) is 5.56 Å². The van der Waals surface area contributed by atoms with Crippen LogP contribution in [0.3, 0.4) is 0 Å². The van der Waals surface area contributed by atoms with Gasteiger partial charge in [0.25, 0.3) is 0 Å². The van der Waals surface area contributed by atoms with Crippen LogP contribution in [0.5, 0.6) is 0 Å². The molecule has 1 aromatic carbocycles. The van der Waals surface area contributed by atoms with Gasteiger partial charge in [0.15, 0.2) is 0 Å². The minimum Gasteiger partial charge on any atom is -0.271 e. The van der Waals surface area contributed by atoms with Crippen LogP contribution in [0.1, 0.15) is 11.5 Å². The third kappa shape index (κ3) is 1.76. The number of hydrazine groups is 1. The van der Waals surface area contributed by atoms with Crippen LogP contribution in [-0.4, -0.2) is 6.04 Å². The van der Waals surface area contributed by atoms with E-state index in [2.05, 4.69) is 47.9 Å². The van der Waals surface area contributed by atoms with E-state index in [1.807, 2.05) is 12.1 Å². The first-order valence-electron chi connectivity index (χ1n) is 4.78. The summed E-state index contributed by atoms with van der Waals surface area (Å²) < 4.78 is 0. The summed E-state index contributed by atoms with van der Waals surface area (Å²) in [5.41, 5.74) is 4.10. The zero-order valence-corrected chi connectivity index (χ0v) is 7.93. The molecule has 0 aromatic heterocycles. The summed E-state index contributed by atoms with van der Waals surface area (Å²) >= 11 is 0. The molecule has 0 amide bonds. The van der Waals surface area contributed by atoms with Crippen molar-refractivity contribution in [1.29, 1.82) is 0 Å². The quantitative estimate of drug-likeness (QED) is 0.545. The van der Waals surface area contributed by atoms with Gasteiger partial charge in [-0.2, -0.15) is 0 Å². The smallest absolute Gasteiger partial charge is 0.0496 e. The van der Waals surface area contributed by atoms with Crippen LogP contribution in [0.4, 0.5) is 0 Å². The van der Waals surface area contributed by atoms with Gasteiger partial charge in [0.1, 0.15) is 0 Å². The van der Waals surface area contributed by atoms with Crippen LogP contribution in [0.2, 0.25) is 0 Å². The summed E-state index contributed by atoms with van der Waals surface area (Å²) in [5, 5.41) is 0. The van der Waals surface area contributed by atoms with E-state index in [9.17, 15) is 0 Å².